The molecule has 2 rings (SSSR count). The molecule has 5 heteroatoms. The number of nitrogens with zero attached hydrogens (tertiary/aromatic N) is 2. The molecule has 0 radical (unpaired) electrons. The van der Waals surface area contributed by atoms with Gasteiger partial charge in [0.1, 0.15) is 6.61 Å². The van der Waals surface area contributed by atoms with E-state index in [4.69, 9.17) is 4.74 Å². The van der Waals surface area contributed by atoms with Crippen LogP contribution in [0.25, 0.3) is 0 Å². The van der Waals surface area contributed by atoms with Crippen LogP contribution in [0.15, 0.2) is 24.5 Å². The van der Waals surface area contributed by atoms with Crippen molar-refractivity contribution in [1.29, 1.82) is 0 Å². The molecule has 4 nitrogen and oxygen atoms in total. The number of rotatable bonds is 7. The zero-order chi connectivity index (χ0) is 13.7. The van der Waals surface area contributed by atoms with Crippen molar-refractivity contribution in [1.82, 2.24) is 15.1 Å². The van der Waals surface area contributed by atoms with Crippen molar-refractivity contribution in [3.8, 4) is 5.75 Å². The maximum atomic E-state index is 5.68. The van der Waals surface area contributed by atoms with Gasteiger partial charge in [0.25, 0.3) is 0 Å². The van der Waals surface area contributed by atoms with Crippen molar-refractivity contribution in [2.75, 3.05) is 6.54 Å². The Bertz CT molecular complexity index is 504. The predicted octanol–water partition coefficient (Wildman–Crippen LogP) is 2.81. The Morgan fingerprint density at radius 1 is 1.37 bits per heavy atom. The highest BCUT2D eigenvalue weighted by atomic mass is 32.1. The van der Waals surface area contributed by atoms with E-state index in [1.807, 2.05) is 13.2 Å². The number of hydrogen-bond donors (Lipinski definition) is 1. The molecule has 0 saturated heterocycles. The Balaban J connectivity index is 1.77. The SMILES string of the molecule is CC(C)CNCc1ccc(COc2cnn(C)c2)s1. The Morgan fingerprint density at radius 3 is 2.84 bits per heavy atom. The lowest BCUT2D eigenvalue weighted by molar-refractivity contribution is 0.309. The molecule has 0 aliphatic rings. The summed E-state index contributed by atoms with van der Waals surface area (Å²) in [4.78, 5) is 2.59. The van der Waals surface area contributed by atoms with Crippen LogP contribution >= 0.6 is 11.3 Å². The minimum absolute atomic E-state index is 0.612. The average Bonchev–Trinajstić information content (AvgIpc) is 2.95. The summed E-state index contributed by atoms with van der Waals surface area (Å²) in [7, 11) is 1.89. The molecule has 0 aromatic carbocycles. The first kappa shape index (κ1) is 14.1. The maximum absolute atomic E-state index is 5.68. The lowest BCUT2D eigenvalue weighted by atomic mass is 10.2. The van der Waals surface area contributed by atoms with Crippen LogP contribution in [0.2, 0.25) is 0 Å². The number of nitrogens with one attached hydrogen (secondary N) is 1. The molecule has 0 aliphatic heterocycles. The van der Waals surface area contributed by atoms with Gasteiger partial charge in [0.2, 0.25) is 0 Å². The van der Waals surface area contributed by atoms with Crippen molar-refractivity contribution >= 4 is 11.3 Å². The van der Waals surface area contributed by atoms with E-state index in [1.165, 1.54) is 9.75 Å². The van der Waals surface area contributed by atoms with Gasteiger partial charge >= 0.3 is 0 Å². The van der Waals surface area contributed by atoms with Crippen molar-refractivity contribution in [2.45, 2.75) is 27.0 Å². The van der Waals surface area contributed by atoms with Crippen LogP contribution in [0.3, 0.4) is 0 Å². The van der Waals surface area contributed by atoms with Gasteiger partial charge in [-0.25, -0.2) is 0 Å². The zero-order valence-corrected chi connectivity index (χ0v) is 12.5. The second kappa shape index (κ2) is 6.73. The summed E-state index contributed by atoms with van der Waals surface area (Å²) in [5.74, 6) is 1.50. The van der Waals surface area contributed by atoms with Gasteiger partial charge in [-0.2, -0.15) is 5.10 Å². The van der Waals surface area contributed by atoms with Gasteiger partial charge < -0.3 is 10.1 Å². The van der Waals surface area contributed by atoms with Crippen LogP contribution in [-0.2, 0) is 20.2 Å². The Hall–Kier alpha value is -1.33. The summed E-state index contributed by atoms with van der Waals surface area (Å²) in [6.45, 7) is 7.04. The number of thiophene rings is 1. The molecule has 0 saturated carbocycles. The second-order valence-corrected chi connectivity index (χ2v) is 6.28. The van der Waals surface area contributed by atoms with Crippen LogP contribution in [0.1, 0.15) is 23.6 Å². The molecule has 0 spiro atoms. The van der Waals surface area contributed by atoms with Crippen LogP contribution in [0.5, 0.6) is 5.75 Å². The molecule has 2 aromatic heterocycles. The van der Waals surface area contributed by atoms with E-state index in [1.54, 1.807) is 22.2 Å². The van der Waals surface area contributed by atoms with Crippen LogP contribution in [0.4, 0.5) is 0 Å². The van der Waals surface area contributed by atoms with E-state index in [9.17, 15) is 0 Å². The summed E-state index contributed by atoms with van der Waals surface area (Å²) >= 11 is 1.80. The molecule has 0 amide bonds. The highest BCUT2D eigenvalue weighted by Gasteiger charge is 2.03. The molecular weight excluding hydrogens is 258 g/mol. The number of hydrogen-bond acceptors (Lipinski definition) is 4. The van der Waals surface area contributed by atoms with Gasteiger partial charge in [-0.3, -0.25) is 4.68 Å². The van der Waals surface area contributed by atoms with Gasteiger partial charge in [-0.1, -0.05) is 13.8 Å². The molecule has 0 aliphatic carbocycles. The normalized spacial score (nSPS) is 11.2. The number of aryl methyl sites for hydroxylation is 1. The molecule has 104 valence electrons. The van der Waals surface area contributed by atoms with Crippen molar-refractivity contribution in [2.24, 2.45) is 13.0 Å². The smallest absolute Gasteiger partial charge is 0.157 e. The molecule has 0 bridgehead atoms. The molecule has 19 heavy (non-hydrogen) atoms. The van der Waals surface area contributed by atoms with E-state index in [0.29, 0.717) is 12.5 Å². The molecule has 0 atom stereocenters. The topological polar surface area (TPSA) is 39.1 Å². The Labute approximate surface area is 118 Å². The van der Waals surface area contributed by atoms with E-state index in [0.717, 1.165) is 18.8 Å². The second-order valence-electron chi connectivity index (χ2n) is 5.03. The van der Waals surface area contributed by atoms with E-state index in [-0.39, 0.29) is 0 Å². The fourth-order valence-electron chi connectivity index (χ4n) is 1.71. The van der Waals surface area contributed by atoms with Gasteiger partial charge in [0.15, 0.2) is 5.75 Å². The lowest BCUT2D eigenvalue weighted by Crippen LogP contribution is -2.18. The maximum Gasteiger partial charge on any atom is 0.157 e. The minimum atomic E-state index is 0.612. The molecule has 0 unspecified atom stereocenters. The lowest BCUT2D eigenvalue weighted by Gasteiger charge is -2.05. The summed E-state index contributed by atoms with van der Waals surface area (Å²) in [6.07, 6.45) is 3.61. The van der Waals surface area contributed by atoms with Crippen molar-refractivity contribution < 1.29 is 4.74 Å². The van der Waals surface area contributed by atoms with Crippen LogP contribution in [0, 0.1) is 5.92 Å². The summed E-state index contributed by atoms with van der Waals surface area (Å²) in [5.41, 5.74) is 0. The van der Waals surface area contributed by atoms with Gasteiger partial charge in [0, 0.05) is 23.3 Å². The standard InChI is InChI=1S/C14H21N3OS/c1-11(2)6-15-8-13-4-5-14(19-13)10-18-12-7-16-17(3)9-12/h4-5,7,9,11,15H,6,8,10H2,1-3H3. The zero-order valence-electron chi connectivity index (χ0n) is 11.7. The predicted molar refractivity (Wildman–Crippen MR) is 78.4 cm³/mol. The molecule has 2 heterocycles. The highest BCUT2D eigenvalue weighted by Crippen LogP contribution is 2.19. The Morgan fingerprint density at radius 2 is 2.16 bits per heavy atom. The summed E-state index contributed by atoms with van der Waals surface area (Å²) in [6, 6.07) is 4.30. The fourth-order valence-corrected chi connectivity index (χ4v) is 2.61. The summed E-state index contributed by atoms with van der Waals surface area (Å²) < 4.78 is 7.42. The average molecular weight is 279 g/mol. The quantitative estimate of drug-likeness (QED) is 0.847. The van der Waals surface area contributed by atoms with E-state index in [2.05, 4.69) is 36.4 Å². The van der Waals surface area contributed by atoms with Gasteiger partial charge in [0.05, 0.1) is 12.4 Å². The van der Waals surface area contributed by atoms with Crippen molar-refractivity contribution in [3.63, 3.8) is 0 Å². The van der Waals surface area contributed by atoms with E-state index >= 15 is 0 Å². The Kier molecular flexibility index (Phi) is 4.99. The minimum Gasteiger partial charge on any atom is -0.485 e. The van der Waals surface area contributed by atoms with Gasteiger partial charge in [-0.05, 0) is 24.6 Å². The van der Waals surface area contributed by atoms with E-state index < -0.39 is 0 Å². The van der Waals surface area contributed by atoms with Crippen molar-refractivity contribution in [3.05, 3.63) is 34.3 Å². The van der Waals surface area contributed by atoms with Gasteiger partial charge in [-0.15, -0.1) is 11.3 Å². The first-order valence-electron chi connectivity index (χ1n) is 6.53. The molecular formula is C14H21N3OS. The van der Waals surface area contributed by atoms with Crippen LogP contribution < -0.4 is 10.1 Å². The highest BCUT2D eigenvalue weighted by molar-refractivity contribution is 7.11. The number of aromatic nitrogens is 2. The van der Waals surface area contributed by atoms with Crippen LogP contribution in [-0.4, -0.2) is 16.3 Å². The number of ether oxygens (including phenoxy) is 1. The molecule has 1 N–H and O–H groups in total. The summed E-state index contributed by atoms with van der Waals surface area (Å²) in [5, 5.41) is 7.52. The largest absolute Gasteiger partial charge is 0.485 e. The first-order chi connectivity index (χ1) is 9.13. The molecule has 2 aromatic rings. The fraction of sp³-hybridized carbons (Fsp3) is 0.500. The third-order valence-electron chi connectivity index (χ3n) is 2.63. The monoisotopic (exact) mass is 279 g/mol. The third kappa shape index (κ3) is 4.69. The third-order valence-corrected chi connectivity index (χ3v) is 3.69. The molecule has 0 fully saturated rings. The first-order valence-corrected chi connectivity index (χ1v) is 7.35.